The van der Waals surface area contributed by atoms with Crippen molar-refractivity contribution in [2.45, 2.75) is 4.90 Å². The maximum atomic E-state index is 12.7. The number of hydrogen-bond donors (Lipinski definition) is 2. The summed E-state index contributed by atoms with van der Waals surface area (Å²) in [5, 5.41) is 5.48. The number of anilines is 2. The number of furan rings is 1. The lowest BCUT2D eigenvalue weighted by atomic mass is 10.2. The van der Waals surface area contributed by atoms with E-state index in [-0.39, 0.29) is 48.8 Å². The van der Waals surface area contributed by atoms with Gasteiger partial charge in [-0.1, -0.05) is 0 Å². The highest BCUT2D eigenvalue weighted by Gasteiger charge is 2.30. The molecule has 1 aliphatic heterocycles. The van der Waals surface area contributed by atoms with Gasteiger partial charge in [-0.05, 0) is 48.5 Å². The third-order valence-corrected chi connectivity index (χ3v) is 6.82. The molecule has 32 heavy (non-hydrogen) atoms. The Bertz CT molecular complexity index is 1170. The summed E-state index contributed by atoms with van der Waals surface area (Å²) in [5.74, 6) is -0.169. The number of nitrogens with zero attached hydrogens (tertiary/aromatic N) is 3. The number of pyridine rings is 1. The molecule has 1 aromatic carbocycles. The van der Waals surface area contributed by atoms with Gasteiger partial charge in [0.2, 0.25) is 10.0 Å². The number of piperazine rings is 1. The van der Waals surface area contributed by atoms with Gasteiger partial charge < -0.3 is 20.0 Å². The third-order valence-electron chi connectivity index (χ3n) is 4.94. The highest BCUT2D eigenvalue weighted by Crippen LogP contribution is 2.18. The molecule has 0 spiro atoms. The van der Waals surface area contributed by atoms with Crippen LogP contribution in [0.5, 0.6) is 0 Å². The number of nitrogens with one attached hydrogen (secondary N) is 2. The van der Waals surface area contributed by atoms with Gasteiger partial charge in [0.15, 0.2) is 5.76 Å². The molecule has 2 aromatic heterocycles. The molecule has 1 fully saturated rings. The fraction of sp³-hybridized carbons (Fsp3) is 0.190. The molecule has 2 N–H and O–H groups in total. The van der Waals surface area contributed by atoms with Crippen LogP contribution in [0.2, 0.25) is 0 Å². The summed E-state index contributed by atoms with van der Waals surface area (Å²) >= 11 is 0. The van der Waals surface area contributed by atoms with Crippen LogP contribution in [0.3, 0.4) is 0 Å². The second-order valence-electron chi connectivity index (χ2n) is 7.02. The first-order chi connectivity index (χ1) is 15.4. The van der Waals surface area contributed by atoms with Crippen LogP contribution in [0.1, 0.15) is 10.6 Å². The van der Waals surface area contributed by atoms with Crippen molar-refractivity contribution in [1.82, 2.24) is 14.2 Å². The van der Waals surface area contributed by atoms with Gasteiger partial charge in [-0.3, -0.25) is 9.78 Å². The van der Waals surface area contributed by atoms with E-state index in [1.54, 1.807) is 47.4 Å². The Morgan fingerprint density at radius 2 is 1.59 bits per heavy atom. The number of aromatic nitrogens is 1. The van der Waals surface area contributed by atoms with Crippen LogP contribution >= 0.6 is 0 Å². The normalized spacial score (nSPS) is 14.7. The number of hydrogen-bond acceptors (Lipinski definition) is 6. The van der Waals surface area contributed by atoms with E-state index in [0.717, 1.165) is 0 Å². The van der Waals surface area contributed by atoms with Gasteiger partial charge in [-0.25, -0.2) is 13.2 Å². The second-order valence-corrected chi connectivity index (χ2v) is 8.96. The summed E-state index contributed by atoms with van der Waals surface area (Å²) in [5.41, 5.74) is 1.11. The molecule has 0 radical (unpaired) electrons. The summed E-state index contributed by atoms with van der Waals surface area (Å²) in [7, 11) is -3.63. The van der Waals surface area contributed by atoms with Crippen LogP contribution in [-0.4, -0.2) is 60.7 Å². The van der Waals surface area contributed by atoms with Crippen LogP contribution in [-0.2, 0) is 10.0 Å². The molecule has 3 amide bonds. The first kappa shape index (κ1) is 21.5. The number of carbonyl (C=O) groups excluding carboxylic acids is 2. The SMILES string of the molecule is O=C(Nc1ccc(NC(=O)N2CCN(S(=O)(=O)c3cccnc3)CC2)cc1)c1ccco1. The highest BCUT2D eigenvalue weighted by molar-refractivity contribution is 7.89. The number of carbonyl (C=O) groups is 2. The minimum Gasteiger partial charge on any atom is -0.459 e. The fourth-order valence-electron chi connectivity index (χ4n) is 3.22. The van der Waals surface area contributed by atoms with Crippen molar-refractivity contribution in [3.63, 3.8) is 0 Å². The standard InChI is InChI=1S/C21H21N5O5S/c27-20(19-4-2-14-31-19)23-16-5-7-17(8-6-16)24-21(28)25-10-12-26(13-11-25)32(29,30)18-3-1-9-22-15-18/h1-9,14-15H,10-13H2,(H,23,27)(H,24,28). The molecule has 0 saturated carbocycles. The summed E-state index contributed by atoms with van der Waals surface area (Å²) in [6.07, 6.45) is 4.25. The van der Waals surface area contributed by atoms with Gasteiger partial charge in [-0.15, -0.1) is 0 Å². The molecule has 11 heteroatoms. The molecule has 0 unspecified atom stereocenters. The second kappa shape index (κ2) is 9.20. The zero-order chi connectivity index (χ0) is 22.6. The Morgan fingerprint density at radius 3 is 2.19 bits per heavy atom. The van der Waals surface area contributed by atoms with Crippen LogP contribution in [0.4, 0.5) is 16.2 Å². The van der Waals surface area contributed by atoms with Gasteiger partial charge in [0.25, 0.3) is 5.91 Å². The van der Waals surface area contributed by atoms with Gasteiger partial charge >= 0.3 is 6.03 Å². The van der Waals surface area contributed by atoms with Crippen molar-refractivity contribution < 1.29 is 22.4 Å². The zero-order valence-electron chi connectivity index (χ0n) is 17.0. The van der Waals surface area contributed by atoms with E-state index in [4.69, 9.17) is 4.42 Å². The average Bonchev–Trinajstić information content (AvgIpc) is 3.36. The van der Waals surface area contributed by atoms with Gasteiger partial charge in [0, 0.05) is 49.9 Å². The van der Waals surface area contributed by atoms with E-state index in [9.17, 15) is 18.0 Å². The molecule has 0 aliphatic carbocycles. The van der Waals surface area contributed by atoms with Crippen LogP contribution in [0.15, 0.2) is 76.5 Å². The van der Waals surface area contributed by atoms with Gasteiger partial charge in [0.05, 0.1) is 6.26 Å². The lowest BCUT2D eigenvalue weighted by Crippen LogP contribution is -2.51. The Hall–Kier alpha value is -3.70. The predicted octanol–water partition coefficient (Wildman–Crippen LogP) is 2.47. The lowest BCUT2D eigenvalue weighted by molar-refractivity contribution is 0.0996. The van der Waals surface area contributed by atoms with Gasteiger partial charge in [-0.2, -0.15) is 4.31 Å². The predicted molar refractivity (Wildman–Crippen MR) is 117 cm³/mol. The molecule has 3 aromatic rings. The summed E-state index contributed by atoms with van der Waals surface area (Å²) in [6.45, 7) is 0.927. The Kier molecular flexibility index (Phi) is 6.19. The molecule has 0 bridgehead atoms. The largest absolute Gasteiger partial charge is 0.459 e. The van der Waals surface area contributed by atoms with Crippen LogP contribution < -0.4 is 10.6 Å². The summed E-state index contributed by atoms with van der Waals surface area (Å²) < 4.78 is 31.7. The Labute approximate surface area is 184 Å². The Balaban J connectivity index is 1.30. The molecule has 4 rings (SSSR count). The molecule has 3 heterocycles. The number of urea groups is 1. The third kappa shape index (κ3) is 4.79. The number of rotatable bonds is 5. The van der Waals surface area contributed by atoms with Crippen molar-refractivity contribution in [2.24, 2.45) is 0 Å². The molecule has 1 aliphatic rings. The summed E-state index contributed by atoms with van der Waals surface area (Å²) in [4.78, 5) is 30.1. The maximum absolute atomic E-state index is 12.7. The van der Waals surface area contributed by atoms with Crippen molar-refractivity contribution in [3.05, 3.63) is 72.9 Å². The monoisotopic (exact) mass is 455 g/mol. The van der Waals surface area contributed by atoms with E-state index in [1.807, 2.05) is 0 Å². The van der Waals surface area contributed by atoms with E-state index >= 15 is 0 Å². The smallest absolute Gasteiger partial charge is 0.321 e. The average molecular weight is 455 g/mol. The lowest BCUT2D eigenvalue weighted by Gasteiger charge is -2.33. The molecule has 1 saturated heterocycles. The first-order valence-corrected chi connectivity index (χ1v) is 11.3. The van der Waals surface area contributed by atoms with Crippen molar-refractivity contribution in [3.8, 4) is 0 Å². The van der Waals surface area contributed by atoms with Crippen molar-refractivity contribution in [1.29, 1.82) is 0 Å². The van der Waals surface area contributed by atoms with Gasteiger partial charge in [0.1, 0.15) is 4.90 Å². The quantitative estimate of drug-likeness (QED) is 0.609. The van der Waals surface area contributed by atoms with Crippen molar-refractivity contribution >= 4 is 33.3 Å². The maximum Gasteiger partial charge on any atom is 0.321 e. The van der Waals surface area contributed by atoms with Crippen LogP contribution in [0.25, 0.3) is 0 Å². The molecule has 166 valence electrons. The van der Waals surface area contributed by atoms with E-state index in [1.165, 1.54) is 29.0 Å². The minimum atomic E-state index is -3.63. The Morgan fingerprint density at radius 1 is 0.906 bits per heavy atom. The minimum absolute atomic E-state index is 0.136. The summed E-state index contributed by atoms with van der Waals surface area (Å²) in [6, 6.07) is 12.6. The van der Waals surface area contributed by atoms with Crippen LogP contribution in [0, 0.1) is 0 Å². The molecule has 0 atom stereocenters. The zero-order valence-corrected chi connectivity index (χ0v) is 17.8. The van der Waals surface area contributed by atoms with Crippen molar-refractivity contribution in [2.75, 3.05) is 36.8 Å². The number of sulfonamides is 1. The van der Waals surface area contributed by atoms with E-state index in [0.29, 0.717) is 11.4 Å². The first-order valence-electron chi connectivity index (χ1n) is 9.84. The molecule has 10 nitrogen and oxygen atoms in total. The highest BCUT2D eigenvalue weighted by atomic mass is 32.2. The van der Waals surface area contributed by atoms with E-state index in [2.05, 4.69) is 15.6 Å². The number of benzene rings is 1. The fourth-order valence-corrected chi connectivity index (χ4v) is 4.61. The molecular formula is C21H21N5O5S. The molecular weight excluding hydrogens is 434 g/mol. The van der Waals surface area contributed by atoms with E-state index < -0.39 is 10.0 Å². The number of amides is 3. The topological polar surface area (TPSA) is 125 Å².